The van der Waals surface area contributed by atoms with E-state index in [2.05, 4.69) is 0 Å². The van der Waals surface area contributed by atoms with E-state index in [-0.39, 0.29) is 6.42 Å². The second-order valence-corrected chi connectivity index (χ2v) is 5.09. The molecule has 0 bridgehead atoms. The van der Waals surface area contributed by atoms with Gasteiger partial charge in [-0.15, -0.1) is 0 Å². The van der Waals surface area contributed by atoms with Gasteiger partial charge in [-0.25, -0.2) is 8.78 Å². The van der Waals surface area contributed by atoms with Crippen molar-refractivity contribution in [2.45, 2.75) is 31.1 Å². The highest BCUT2D eigenvalue weighted by molar-refractivity contribution is 5.43. The summed E-state index contributed by atoms with van der Waals surface area (Å²) in [5.41, 5.74) is -0.189. The van der Waals surface area contributed by atoms with Crippen LogP contribution in [0.4, 0.5) is 8.78 Å². The molecule has 19 heavy (non-hydrogen) atoms. The first kappa shape index (κ1) is 12.3. The first-order valence-corrected chi connectivity index (χ1v) is 6.70. The molecule has 0 unspecified atom stereocenters. The first-order chi connectivity index (χ1) is 9.23. The zero-order chi connectivity index (χ0) is 13.3. The van der Waals surface area contributed by atoms with E-state index in [0.29, 0.717) is 17.5 Å². The minimum Gasteiger partial charge on any atom is -0.243 e. The van der Waals surface area contributed by atoms with Crippen molar-refractivity contribution in [3.8, 4) is 0 Å². The molecule has 2 atom stereocenters. The Bertz CT molecular complexity index is 564. The zero-order valence-electron chi connectivity index (χ0n) is 10.7. The minimum atomic E-state index is -2.02. The van der Waals surface area contributed by atoms with E-state index >= 15 is 4.39 Å². The molecule has 0 nitrogen and oxygen atoms in total. The Morgan fingerprint density at radius 2 is 1.63 bits per heavy atom. The van der Waals surface area contributed by atoms with E-state index in [1.54, 1.807) is 36.4 Å². The summed E-state index contributed by atoms with van der Waals surface area (Å²) in [6.07, 6.45) is 0.213. The average molecular weight is 258 g/mol. The van der Waals surface area contributed by atoms with Crippen LogP contribution < -0.4 is 0 Å². The smallest absolute Gasteiger partial charge is 0.192 e. The van der Waals surface area contributed by atoms with Gasteiger partial charge < -0.3 is 0 Å². The van der Waals surface area contributed by atoms with Gasteiger partial charge in [0.2, 0.25) is 0 Å². The number of hydrogen-bond donors (Lipinski definition) is 0. The second kappa shape index (κ2) is 4.76. The third kappa shape index (κ3) is 1.95. The molecule has 2 aromatic rings. The SMILES string of the molecule is F[C@H]1CCCc2ccccc2[C@@]1(F)c1ccccc1. The normalized spacial score (nSPS) is 26.5. The second-order valence-electron chi connectivity index (χ2n) is 5.09. The molecule has 0 aromatic heterocycles. The van der Waals surface area contributed by atoms with Crippen molar-refractivity contribution in [1.29, 1.82) is 0 Å². The van der Waals surface area contributed by atoms with Crippen LogP contribution in [0.5, 0.6) is 0 Å². The van der Waals surface area contributed by atoms with E-state index in [1.807, 2.05) is 18.2 Å². The molecule has 98 valence electrons. The summed E-state index contributed by atoms with van der Waals surface area (Å²) < 4.78 is 30.1. The molecule has 0 spiro atoms. The van der Waals surface area contributed by atoms with Gasteiger partial charge in [-0.3, -0.25) is 0 Å². The lowest BCUT2D eigenvalue weighted by Gasteiger charge is -2.29. The molecule has 0 saturated carbocycles. The van der Waals surface area contributed by atoms with Gasteiger partial charge in [0.15, 0.2) is 5.67 Å². The number of benzene rings is 2. The highest BCUT2D eigenvalue weighted by Crippen LogP contribution is 2.44. The van der Waals surface area contributed by atoms with Crippen molar-refractivity contribution in [3.63, 3.8) is 0 Å². The Hall–Kier alpha value is -1.70. The van der Waals surface area contributed by atoms with E-state index in [0.717, 1.165) is 12.0 Å². The summed E-state index contributed by atoms with van der Waals surface area (Å²) in [5.74, 6) is 0. The third-order valence-electron chi connectivity index (χ3n) is 3.94. The van der Waals surface area contributed by atoms with Crippen LogP contribution >= 0.6 is 0 Å². The van der Waals surface area contributed by atoms with Crippen molar-refractivity contribution in [2.75, 3.05) is 0 Å². The van der Waals surface area contributed by atoms with Gasteiger partial charge in [0.05, 0.1) is 0 Å². The molecule has 1 aliphatic carbocycles. The summed E-state index contributed by atoms with van der Waals surface area (Å²) in [7, 11) is 0. The molecular formula is C17H16F2. The number of aryl methyl sites for hydroxylation is 1. The summed E-state index contributed by atoms with van der Waals surface area (Å²) >= 11 is 0. The number of hydrogen-bond acceptors (Lipinski definition) is 0. The van der Waals surface area contributed by atoms with Crippen LogP contribution in [0.15, 0.2) is 54.6 Å². The van der Waals surface area contributed by atoms with E-state index in [4.69, 9.17) is 0 Å². The Morgan fingerprint density at radius 3 is 2.42 bits per heavy atom. The Balaban J connectivity index is 2.22. The molecule has 0 amide bonds. The van der Waals surface area contributed by atoms with Gasteiger partial charge >= 0.3 is 0 Å². The zero-order valence-corrected chi connectivity index (χ0v) is 10.7. The molecule has 1 aliphatic rings. The van der Waals surface area contributed by atoms with Gasteiger partial charge in [-0.2, -0.15) is 0 Å². The molecule has 0 aliphatic heterocycles. The molecule has 2 heteroatoms. The van der Waals surface area contributed by atoms with E-state index < -0.39 is 11.8 Å². The van der Waals surface area contributed by atoms with Gasteiger partial charge in [-0.1, -0.05) is 54.6 Å². The molecule has 0 fully saturated rings. The maximum atomic E-state index is 15.6. The van der Waals surface area contributed by atoms with Gasteiger partial charge in [0.25, 0.3) is 0 Å². The maximum Gasteiger partial charge on any atom is 0.192 e. The van der Waals surface area contributed by atoms with Crippen molar-refractivity contribution in [1.82, 2.24) is 0 Å². The molecule has 0 N–H and O–H groups in total. The third-order valence-corrected chi connectivity index (χ3v) is 3.94. The Kier molecular flexibility index (Phi) is 3.09. The van der Waals surface area contributed by atoms with Crippen molar-refractivity contribution >= 4 is 0 Å². The molecule has 0 saturated heterocycles. The fraction of sp³-hybridized carbons (Fsp3) is 0.294. The number of fused-ring (bicyclic) bond motifs is 1. The van der Waals surface area contributed by atoms with Gasteiger partial charge in [0, 0.05) is 0 Å². The lowest BCUT2D eigenvalue weighted by molar-refractivity contribution is 0.0819. The Labute approximate surface area is 112 Å². The minimum absolute atomic E-state index is 0.264. The number of alkyl halides is 2. The van der Waals surface area contributed by atoms with Gasteiger partial charge in [0.1, 0.15) is 6.17 Å². The van der Waals surface area contributed by atoms with Crippen molar-refractivity contribution < 1.29 is 8.78 Å². The number of rotatable bonds is 1. The molecule has 0 radical (unpaired) electrons. The van der Waals surface area contributed by atoms with Crippen LogP contribution in [-0.2, 0) is 12.1 Å². The van der Waals surface area contributed by atoms with E-state index in [9.17, 15) is 4.39 Å². The van der Waals surface area contributed by atoms with Crippen LogP contribution in [0, 0.1) is 0 Å². The molecular weight excluding hydrogens is 242 g/mol. The Morgan fingerprint density at radius 1 is 0.947 bits per heavy atom. The fourth-order valence-corrected chi connectivity index (χ4v) is 2.95. The van der Waals surface area contributed by atoms with E-state index in [1.165, 1.54) is 0 Å². The summed E-state index contributed by atoms with van der Waals surface area (Å²) in [4.78, 5) is 0. The maximum absolute atomic E-state index is 15.6. The van der Waals surface area contributed by atoms with Crippen LogP contribution in [0.25, 0.3) is 0 Å². The monoisotopic (exact) mass is 258 g/mol. The van der Waals surface area contributed by atoms with Crippen LogP contribution in [0.2, 0.25) is 0 Å². The van der Waals surface area contributed by atoms with Crippen molar-refractivity contribution in [2.24, 2.45) is 0 Å². The topological polar surface area (TPSA) is 0 Å². The predicted molar refractivity (Wildman–Crippen MR) is 72.6 cm³/mol. The van der Waals surface area contributed by atoms with Crippen LogP contribution in [0.3, 0.4) is 0 Å². The quantitative estimate of drug-likeness (QED) is 0.657. The molecule has 0 heterocycles. The molecule has 3 rings (SSSR count). The highest BCUT2D eigenvalue weighted by Gasteiger charge is 2.45. The summed E-state index contributed by atoms with van der Waals surface area (Å²) in [6, 6.07) is 16.0. The van der Waals surface area contributed by atoms with Gasteiger partial charge in [-0.05, 0) is 36.0 Å². The van der Waals surface area contributed by atoms with Crippen LogP contribution in [-0.4, -0.2) is 6.17 Å². The lowest BCUT2D eigenvalue weighted by Crippen LogP contribution is -2.33. The average Bonchev–Trinajstić information content (AvgIpc) is 2.59. The number of halogens is 2. The standard InChI is InChI=1S/C17H16F2/c18-16-12-6-8-13-7-4-5-11-15(13)17(16,19)14-9-2-1-3-10-14/h1-5,7,9-11,16H,6,8,12H2/t16-,17-/m0/s1. The fourth-order valence-electron chi connectivity index (χ4n) is 2.95. The largest absolute Gasteiger partial charge is 0.243 e. The lowest BCUT2D eigenvalue weighted by atomic mass is 9.82. The molecule has 2 aromatic carbocycles. The first-order valence-electron chi connectivity index (χ1n) is 6.70. The van der Waals surface area contributed by atoms with Crippen molar-refractivity contribution in [3.05, 3.63) is 71.3 Å². The summed E-state index contributed by atoms with van der Waals surface area (Å²) in [5, 5.41) is 0. The highest BCUT2D eigenvalue weighted by atomic mass is 19.2. The van der Waals surface area contributed by atoms with Crippen LogP contribution in [0.1, 0.15) is 29.5 Å². The summed E-state index contributed by atoms with van der Waals surface area (Å²) in [6.45, 7) is 0. The predicted octanol–water partition coefficient (Wildman–Crippen LogP) is 4.57.